The number of hydrogen-bond donors (Lipinski definition) is 2. The molecule has 1 unspecified atom stereocenters. The Labute approximate surface area is 337 Å². The van der Waals surface area contributed by atoms with Crippen LogP contribution in [0.15, 0.2) is 97.1 Å². The SMILES string of the molecule is O=C1CCC(N2Cc3cc(N4CCN(CC5CCN(CCCc6ccc(/C=C(\CCc7ccc(O)cc7)c7ccccc7)cc6)CC5)CC4)ccc3C2=O)C(=O)N1. The van der Waals surface area contributed by atoms with Crippen LogP contribution in [0.3, 0.4) is 0 Å². The van der Waals surface area contributed by atoms with Gasteiger partial charge in [-0.25, -0.2) is 0 Å². The number of benzene rings is 4. The van der Waals surface area contributed by atoms with Gasteiger partial charge in [-0.3, -0.25) is 24.6 Å². The van der Waals surface area contributed by atoms with Gasteiger partial charge in [-0.15, -0.1) is 0 Å². The lowest BCUT2D eigenvalue weighted by Crippen LogP contribution is -2.52. The number of aromatic hydroxyl groups is 1. The van der Waals surface area contributed by atoms with E-state index in [1.54, 1.807) is 17.0 Å². The molecule has 3 fully saturated rings. The molecular formula is C48H55N5O4. The minimum atomic E-state index is -0.580. The molecule has 1 atom stereocenters. The van der Waals surface area contributed by atoms with E-state index in [1.807, 2.05) is 24.3 Å². The molecule has 8 rings (SSSR count). The molecule has 3 saturated heterocycles. The number of nitrogens with one attached hydrogen (secondary N) is 1. The van der Waals surface area contributed by atoms with E-state index in [9.17, 15) is 19.5 Å². The molecular weight excluding hydrogens is 711 g/mol. The van der Waals surface area contributed by atoms with Gasteiger partial charge in [0.1, 0.15) is 11.8 Å². The van der Waals surface area contributed by atoms with Gasteiger partial charge in [0.05, 0.1) is 0 Å². The zero-order valence-electron chi connectivity index (χ0n) is 33.0. The number of piperazine rings is 1. The Bertz CT molecular complexity index is 2050. The number of hydrogen-bond acceptors (Lipinski definition) is 7. The standard InChI is InChI=1S/C48H55N5O4/c54-43-17-13-36(14-18-43)12-15-40(39-6-2-1-3-7-39)31-37-10-8-35(9-11-37)5-4-24-50-25-22-38(23-26-50)33-51-27-29-52(30-28-51)42-16-19-44-41(32-42)34-53(48(44)57)45-20-21-46(55)49-47(45)56/h1-3,6-11,13-14,16-19,31-32,38,45,54H,4-5,12,15,20-30,33-34H2,(H,49,55,56)/b40-31+. The van der Waals surface area contributed by atoms with Crippen molar-refractivity contribution >= 4 is 35.1 Å². The van der Waals surface area contributed by atoms with E-state index in [0.29, 0.717) is 24.3 Å². The maximum absolute atomic E-state index is 13.1. The number of allylic oxidation sites excluding steroid dienone is 1. The third-order valence-electron chi connectivity index (χ3n) is 12.5. The van der Waals surface area contributed by atoms with E-state index in [0.717, 1.165) is 69.2 Å². The number of imide groups is 1. The Morgan fingerprint density at radius 2 is 1.47 bits per heavy atom. The summed E-state index contributed by atoms with van der Waals surface area (Å²) < 4.78 is 0. The van der Waals surface area contributed by atoms with Crippen LogP contribution in [-0.4, -0.2) is 95.9 Å². The zero-order valence-corrected chi connectivity index (χ0v) is 33.0. The van der Waals surface area contributed by atoms with Crippen molar-refractivity contribution in [3.63, 3.8) is 0 Å². The Kier molecular flexibility index (Phi) is 12.1. The second kappa shape index (κ2) is 17.9. The van der Waals surface area contributed by atoms with Crippen molar-refractivity contribution in [2.75, 3.05) is 57.3 Å². The van der Waals surface area contributed by atoms with Crippen molar-refractivity contribution in [1.82, 2.24) is 20.0 Å². The number of nitrogens with zero attached hydrogens (tertiary/aromatic N) is 4. The molecule has 9 heteroatoms. The molecule has 0 spiro atoms. The number of likely N-dealkylation sites (tertiary alicyclic amines) is 1. The highest BCUT2D eigenvalue weighted by molar-refractivity contribution is 6.05. The summed E-state index contributed by atoms with van der Waals surface area (Å²) in [6.45, 7) is 9.13. The first kappa shape index (κ1) is 38.6. The Hall–Kier alpha value is -5.25. The summed E-state index contributed by atoms with van der Waals surface area (Å²) in [5.74, 6) is 0.309. The third-order valence-corrected chi connectivity index (χ3v) is 12.5. The van der Waals surface area contributed by atoms with E-state index in [2.05, 4.69) is 86.8 Å². The number of amides is 3. The molecule has 0 aliphatic carbocycles. The monoisotopic (exact) mass is 765 g/mol. The van der Waals surface area contributed by atoms with Crippen molar-refractivity contribution in [3.8, 4) is 5.75 Å². The van der Waals surface area contributed by atoms with Crippen LogP contribution in [0.5, 0.6) is 5.75 Å². The molecule has 4 aromatic carbocycles. The molecule has 0 saturated carbocycles. The van der Waals surface area contributed by atoms with E-state index >= 15 is 0 Å². The average molecular weight is 766 g/mol. The first-order chi connectivity index (χ1) is 27.8. The minimum Gasteiger partial charge on any atom is -0.508 e. The van der Waals surface area contributed by atoms with Crippen molar-refractivity contribution < 1.29 is 19.5 Å². The van der Waals surface area contributed by atoms with Crippen molar-refractivity contribution in [1.29, 1.82) is 0 Å². The van der Waals surface area contributed by atoms with Gasteiger partial charge in [-0.05, 0) is 134 Å². The maximum Gasteiger partial charge on any atom is 0.255 e. The Morgan fingerprint density at radius 1 is 0.754 bits per heavy atom. The second-order valence-electron chi connectivity index (χ2n) is 16.4. The highest BCUT2D eigenvalue weighted by atomic mass is 16.3. The van der Waals surface area contributed by atoms with Crippen LogP contribution in [0.25, 0.3) is 11.6 Å². The fourth-order valence-corrected chi connectivity index (χ4v) is 9.09. The lowest BCUT2D eigenvalue weighted by atomic mass is 9.95. The van der Waals surface area contributed by atoms with Crippen molar-refractivity contribution in [3.05, 3.63) is 130 Å². The number of phenolic OH excluding ortho intramolecular Hbond substituents is 1. The fraction of sp³-hybridized carbons (Fsp3) is 0.396. The number of aryl methyl sites for hydroxylation is 2. The van der Waals surface area contributed by atoms with E-state index in [-0.39, 0.29) is 24.1 Å². The van der Waals surface area contributed by atoms with E-state index in [4.69, 9.17) is 0 Å². The van der Waals surface area contributed by atoms with Crippen LogP contribution >= 0.6 is 0 Å². The number of rotatable bonds is 13. The zero-order chi connectivity index (χ0) is 39.1. The summed E-state index contributed by atoms with van der Waals surface area (Å²) in [6.07, 6.45) is 9.63. The fourth-order valence-electron chi connectivity index (χ4n) is 9.09. The lowest BCUT2D eigenvalue weighted by molar-refractivity contribution is -0.136. The van der Waals surface area contributed by atoms with Crippen LogP contribution in [-0.2, 0) is 29.0 Å². The summed E-state index contributed by atoms with van der Waals surface area (Å²) in [4.78, 5) is 46.5. The first-order valence-corrected chi connectivity index (χ1v) is 20.9. The number of phenols is 1. The van der Waals surface area contributed by atoms with Gasteiger partial charge in [0, 0.05) is 56.9 Å². The first-order valence-electron chi connectivity index (χ1n) is 20.9. The normalized spacial score (nSPS) is 19.9. The summed E-state index contributed by atoms with van der Waals surface area (Å²) in [6, 6.07) is 32.8. The Balaban J connectivity index is 0.747. The maximum atomic E-state index is 13.1. The molecule has 2 N–H and O–H groups in total. The summed E-state index contributed by atoms with van der Waals surface area (Å²) in [5.41, 5.74) is 9.20. The Morgan fingerprint density at radius 3 is 2.21 bits per heavy atom. The lowest BCUT2D eigenvalue weighted by Gasteiger charge is -2.39. The topological polar surface area (TPSA) is 96.4 Å². The van der Waals surface area contributed by atoms with E-state index < -0.39 is 6.04 Å². The molecule has 0 radical (unpaired) electrons. The van der Waals surface area contributed by atoms with Crippen molar-refractivity contribution in [2.24, 2.45) is 5.92 Å². The van der Waals surface area contributed by atoms with Crippen molar-refractivity contribution in [2.45, 2.75) is 64.0 Å². The average Bonchev–Trinajstić information content (AvgIpc) is 3.56. The number of anilines is 1. The van der Waals surface area contributed by atoms with Crippen LogP contribution < -0.4 is 10.2 Å². The molecule has 9 nitrogen and oxygen atoms in total. The van der Waals surface area contributed by atoms with Gasteiger partial charge in [0.2, 0.25) is 11.8 Å². The largest absolute Gasteiger partial charge is 0.508 e. The van der Waals surface area contributed by atoms with Gasteiger partial charge in [-0.1, -0.05) is 72.8 Å². The van der Waals surface area contributed by atoms with Crippen LogP contribution in [0.4, 0.5) is 5.69 Å². The van der Waals surface area contributed by atoms with Gasteiger partial charge in [0.15, 0.2) is 0 Å². The third kappa shape index (κ3) is 9.66. The van der Waals surface area contributed by atoms with Crippen LogP contribution in [0.2, 0.25) is 0 Å². The molecule has 4 aliphatic rings. The molecule has 296 valence electrons. The number of piperidine rings is 2. The molecule has 0 aromatic heterocycles. The summed E-state index contributed by atoms with van der Waals surface area (Å²) in [7, 11) is 0. The molecule has 4 heterocycles. The van der Waals surface area contributed by atoms with Gasteiger partial charge < -0.3 is 19.8 Å². The van der Waals surface area contributed by atoms with Gasteiger partial charge in [-0.2, -0.15) is 0 Å². The number of carbonyl (C=O) groups excluding carboxylic acids is 3. The molecule has 4 aromatic rings. The molecule has 4 aliphatic heterocycles. The van der Waals surface area contributed by atoms with Gasteiger partial charge >= 0.3 is 0 Å². The predicted octanol–water partition coefficient (Wildman–Crippen LogP) is 6.79. The van der Waals surface area contributed by atoms with Gasteiger partial charge in [0.25, 0.3) is 5.91 Å². The number of fused-ring (bicyclic) bond motifs is 1. The molecule has 0 bridgehead atoms. The second-order valence-corrected chi connectivity index (χ2v) is 16.4. The molecule has 3 amide bonds. The minimum absolute atomic E-state index is 0.117. The van der Waals surface area contributed by atoms with Crippen LogP contribution in [0, 0.1) is 5.92 Å². The quantitative estimate of drug-likeness (QED) is 0.114. The smallest absolute Gasteiger partial charge is 0.255 e. The number of carbonyl (C=O) groups is 3. The highest BCUT2D eigenvalue weighted by Gasteiger charge is 2.39. The summed E-state index contributed by atoms with van der Waals surface area (Å²) in [5, 5.41) is 12.1. The summed E-state index contributed by atoms with van der Waals surface area (Å²) >= 11 is 0. The van der Waals surface area contributed by atoms with Crippen LogP contribution in [0.1, 0.15) is 76.7 Å². The molecule has 57 heavy (non-hydrogen) atoms. The van der Waals surface area contributed by atoms with E-state index in [1.165, 1.54) is 66.7 Å². The highest BCUT2D eigenvalue weighted by Crippen LogP contribution is 2.31. The predicted molar refractivity (Wildman–Crippen MR) is 226 cm³/mol.